The van der Waals surface area contributed by atoms with Crippen molar-refractivity contribution in [3.63, 3.8) is 0 Å². The lowest BCUT2D eigenvalue weighted by Crippen LogP contribution is -2.30. The Morgan fingerprint density at radius 2 is 2.18 bits per heavy atom. The fraction of sp³-hybridized carbons (Fsp3) is 0.273. The fourth-order valence-electron chi connectivity index (χ4n) is 1.46. The fourth-order valence-corrected chi connectivity index (χ4v) is 3.02. The van der Waals surface area contributed by atoms with Gasteiger partial charge in [0.15, 0.2) is 0 Å². The van der Waals surface area contributed by atoms with Gasteiger partial charge in [0.05, 0.1) is 6.04 Å². The maximum atomic E-state index is 5.57. The van der Waals surface area contributed by atoms with Crippen molar-refractivity contribution in [2.45, 2.75) is 19.4 Å². The van der Waals surface area contributed by atoms with Gasteiger partial charge in [-0.3, -0.25) is 5.84 Å². The molecule has 1 unspecified atom stereocenters. The first-order chi connectivity index (χ1) is 8.20. The SMILES string of the molecule is Cc1cnc(C(Cc2sccc2Br)NN)nc1. The number of nitrogens with one attached hydrogen (secondary N) is 1. The molecule has 0 aliphatic rings. The average Bonchev–Trinajstić information content (AvgIpc) is 2.73. The summed E-state index contributed by atoms with van der Waals surface area (Å²) >= 11 is 5.20. The van der Waals surface area contributed by atoms with Gasteiger partial charge in [-0.2, -0.15) is 0 Å². The lowest BCUT2D eigenvalue weighted by molar-refractivity contribution is 0.525. The van der Waals surface area contributed by atoms with Crippen molar-refractivity contribution in [1.29, 1.82) is 0 Å². The summed E-state index contributed by atoms with van der Waals surface area (Å²) in [6.45, 7) is 1.96. The number of thiophene rings is 1. The quantitative estimate of drug-likeness (QED) is 0.672. The van der Waals surface area contributed by atoms with Crippen LogP contribution in [-0.4, -0.2) is 9.97 Å². The Bertz CT molecular complexity index is 482. The molecule has 1 atom stereocenters. The van der Waals surface area contributed by atoms with E-state index in [-0.39, 0.29) is 6.04 Å². The predicted molar refractivity (Wildman–Crippen MR) is 72.6 cm³/mol. The number of nitrogens with two attached hydrogens (primary N) is 1. The van der Waals surface area contributed by atoms with Gasteiger partial charge in [-0.05, 0) is 39.9 Å². The molecule has 2 heterocycles. The van der Waals surface area contributed by atoms with Crippen molar-refractivity contribution in [2.24, 2.45) is 5.84 Å². The summed E-state index contributed by atoms with van der Waals surface area (Å²) in [5, 5.41) is 2.04. The summed E-state index contributed by atoms with van der Waals surface area (Å²) in [4.78, 5) is 9.82. The molecule has 3 N–H and O–H groups in total. The maximum Gasteiger partial charge on any atom is 0.146 e. The molecule has 2 rings (SSSR count). The molecule has 0 aromatic carbocycles. The first-order valence-corrected chi connectivity index (χ1v) is 6.84. The number of hydrogen-bond acceptors (Lipinski definition) is 5. The molecule has 0 aliphatic heterocycles. The first kappa shape index (κ1) is 12.6. The van der Waals surface area contributed by atoms with Crippen molar-refractivity contribution in [3.8, 4) is 0 Å². The van der Waals surface area contributed by atoms with Gasteiger partial charge in [0.2, 0.25) is 0 Å². The monoisotopic (exact) mass is 312 g/mol. The van der Waals surface area contributed by atoms with Crippen LogP contribution < -0.4 is 11.3 Å². The van der Waals surface area contributed by atoms with E-state index < -0.39 is 0 Å². The molecule has 0 bridgehead atoms. The smallest absolute Gasteiger partial charge is 0.146 e. The summed E-state index contributed by atoms with van der Waals surface area (Å²) in [6, 6.07) is 1.97. The Morgan fingerprint density at radius 3 is 2.71 bits per heavy atom. The minimum atomic E-state index is -0.0643. The van der Waals surface area contributed by atoms with Gasteiger partial charge in [-0.25, -0.2) is 15.4 Å². The van der Waals surface area contributed by atoms with Crippen LogP contribution in [0.2, 0.25) is 0 Å². The molecule has 4 nitrogen and oxygen atoms in total. The zero-order valence-electron chi connectivity index (χ0n) is 9.35. The minimum Gasteiger partial charge on any atom is -0.271 e. The van der Waals surface area contributed by atoms with Gasteiger partial charge in [0, 0.05) is 28.2 Å². The molecule has 0 aliphatic carbocycles. The highest BCUT2D eigenvalue weighted by atomic mass is 79.9. The highest BCUT2D eigenvalue weighted by Crippen LogP contribution is 2.26. The lowest BCUT2D eigenvalue weighted by atomic mass is 10.1. The van der Waals surface area contributed by atoms with Gasteiger partial charge in [0.25, 0.3) is 0 Å². The van der Waals surface area contributed by atoms with Gasteiger partial charge < -0.3 is 0 Å². The highest BCUT2D eigenvalue weighted by Gasteiger charge is 2.15. The third-order valence-corrected chi connectivity index (χ3v) is 4.34. The van der Waals surface area contributed by atoms with E-state index in [1.807, 2.05) is 18.4 Å². The van der Waals surface area contributed by atoms with Crippen molar-refractivity contribution < 1.29 is 0 Å². The van der Waals surface area contributed by atoms with Crippen LogP contribution in [0.1, 0.15) is 22.3 Å². The van der Waals surface area contributed by atoms with E-state index in [2.05, 4.69) is 31.3 Å². The van der Waals surface area contributed by atoms with Gasteiger partial charge in [0.1, 0.15) is 5.82 Å². The first-order valence-electron chi connectivity index (χ1n) is 5.17. The third-order valence-electron chi connectivity index (χ3n) is 2.39. The number of rotatable bonds is 4. The molecule has 0 fully saturated rings. The molecule has 0 amide bonds. The molecule has 2 aromatic heterocycles. The number of aromatic nitrogens is 2. The molecule has 0 spiro atoms. The summed E-state index contributed by atoms with van der Waals surface area (Å²) in [7, 11) is 0. The van der Waals surface area contributed by atoms with E-state index >= 15 is 0 Å². The zero-order chi connectivity index (χ0) is 12.3. The van der Waals surface area contributed by atoms with Gasteiger partial charge in [-0.15, -0.1) is 11.3 Å². The molecule has 0 radical (unpaired) electrons. The van der Waals surface area contributed by atoms with Gasteiger partial charge >= 0.3 is 0 Å². The summed E-state index contributed by atoms with van der Waals surface area (Å²) in [5.41, 5.74) is 3.81. The number of hydrogen-bond donors (Lipinski definition) is 2. The summed E-state index contributed by atoms with van der Waals surface area (Å²) < 4.78 is 1.11. The van der Waals surface area contributed by atoms with Gasteiger partial charge in [-0.1, -0.05) is 0 Å². The molecule has 6 heteroatoms. The van der Waals surface area contributed by atoms with Crippen LogP contribution in [-0.2, 0) is 6.42 Å². The van der Waals surface area contributed by atoms with Crippen LogP contribution >= 0.6 is 27.3 Å². The van der Waals surface area contributed by atoms with E-state index in [0.717, 1.165) is 22.3 Å². The van der Waals surface area contributed by atoms with E-state index in [4.69, 9.17) is 5.84 Å². The van der Waals surface area contributed by atoms with Crippen LogP contribution in [0, 0.1) is 6.92 Å². The Morgan fingerprint density at radius 1 is 1.47 bits per heavy atom. The average molecular weight is 313 g/mol. The summed E-state index contributed by atoms with van der Waals surface area (Å²) in [5.74, 6) is 6.29. The number of nitrogens with zero attached hydrogens (tertiary/aromatic N) is 2. The van der Waals surface area contributed by atoms with E-state index in [0.29, 0.717) is 0 Å². The van der Waals surface area contributed by atoms with E-state index in [1.165, 1.54) is 4.88 Å². The second-order valence-electron chi connectivity index (χ2n) is 3.73. The molecule has 0 saturated heterocycles. The van der Waals surface area contributed by atoms with Crippen LogP contribution in [0.15, 0.2) is 28.3 Å². The van der Waals surface area contributed by atoms with E-state index in [1.54, 1.807) is 23.7 Å². The second kappa shape index (κ2) is 5.68. The Labute approximate surface area is 112 Å². The van der Waals surface area contributed by atoms with Crippen LogP contribution in [0.25, 0.3) is 0 Å². The molecule has 0 saturated carbocycles. The topological polar surface area (TPSA) is 63.8 Å². The molecule has 2 aromatic rings. The van der Waals surface area contributed by atoms with Crippen LogP contribution in [0.3, 0.4) is 0 Å². The lowest BCUT2D eigenvalue weighted by Gasteiger charge is -2.13. The Kier molecular flexibility index (Phi) is 4.22. The predicted octanol–water partition coefficient (Wildman–Crippen LogP) is 2.36. The summed E-state index contributed by atoms with van der Waals surface area (Å²) in [6.07, 6.45) is 4.38. The highest BCUT2D eigenvalue weighted by molar-refractivity contribution is 9.10. The minimum absolute atomic E-state index is 0.0643. The van der Waals surface area contributed by atoms with Crippen molar-refractivity contribution in [1.82, 2.24) is 15.4 Å². The molecular formula is C11H13BrN4S. The number of halogens is 1. The number of hydrazine groups is 1. The normalized spacial score (nSPS) is 12.6. The molecular weight excluding hydrogens is 300 g/mol. The number of aryl methyl sites for hydroxylation is 1. The Hall–Kier alpha value is -0.820. The van der Waals surface area contributed by atoms with Crippen LogP contribution in [0.4, 0.5) is 0 Å². The third kappa shape index (κ3) is 3.10. The zero-order valence-corrected chi connectivity index (χ0v) is 11.8. The second-order valence-corrected chi connectivity index (χ2v) is 5.59. The van der Waals surface area contributed by atoms with E-state index in [9.17, 15) is 0 Å². The maximum absolute atomic E-state index is 5.57. The van der Waals surface area contributed by atoms with Crippen molar-refractivity contribution >= 4 is 27.3 Å². The Balaban J connectivity index is 2.17. The van der Waals surface area contributed by atoms with Crippen molar-refractivity contribution in [3.05, 3.63) is 44.6 Å². The molecule has 17 heavy (non-hydrogen) atoms. The largest absolute Gasteiger partial charge is 0.271 e. The standard InChI is InChI=1S/C11H13BrN4S/c1-7-5-14-11(15-6-7)9(16-13)4-10-8(12)2-3-17-10/h2-3,5-6,9,16H,4,13H2,1H3. The van der Waals surface area contributed by atoms with Crippen molar-refractivity contribution in [2.75, 3.05) is 0 Å². The molecule has 90 valence electrons. The van der Waals surface area contributed by atoms with Crippen LogP contribution in [0.5, 0.6) is 0 Å².